The molecule has 2 N–H and O–H groups in total. The van der Waals surface area contributed by atoms with Crippen LogP contribution in [0.25, 0.3) is 21.7 Å². The molecular weight excluding hydrogens is 506 g/mol. The van der Waals surface area contributed by atoms with Crippen LogP contribution in [0.4, 0.5) is 10.9 Å². The van der Waals surface area contributed by atoms with Gasteiger partial charge < -0.3 is 19.9 Å². The fourth-order valence-electron chi connectivity index (χ4n) is 3.89. The summed E-state index contributed by atoms with van der Waals surface area (Å²) >= 11 is 3.08. The van der Waals surface area contributed by atoms with Crippen LogP contribution < -0.4 is 10.1 Å². The van der Waals surface area contributed by atoms with E-state index in [1.807, 2.05) is 36.6 Å². The third kappa shape index (κ3) is 6.74. The van der Waals surface area contributed by atoms with Gasteiger partial charge in [0, 0.05) is 47.2 Å². The first-order chi connectivity index (χ1) is 17.9. The normalized spacial score (nSPS) is 11.2. The SMILES string of the molecule is COCCCOc1ccc(-c2nc(Nc3ncc(-c4cccs4)cc3C(=O)O)sc2CC(C)C)cc1C. The molecule has 0 radical (unpaired) electrons. The van der Waals surface area contributed by atoms with E-state index in [4.69, 9.17) is 14.5 Å². The molecule has 0 saturated carbocycles. The lowest BCUT2D eigenvalue weighted by Gasteiger charge is -2.11. The Balaban J connectivity index is 1.62. The molecule has 0 atom stereocenters. The molecule has 0 aliphatic heterocycles. The zero-order valence-corrected chi connectivity index (χ0v) is 23.0. The lowest BCUT2D eigenvalue weighted by atomic mass is 10.0. The van der Waals surface area contributed by atoms with E-state index in [0.717, 1.165) is 50.7 Å². The standard InChI is InChI=1S/C28H31N3O4S2/c1-17(2)13-24-25(19-8-9-22(18(3)14-19)35-11-6-10-34-4)30-28(37-24)31-26-21(27(32)33)15-20(16-29-26)23-7-5-12-36-23/h5,7-9,12,14-17H,6,10-11,13H2,1-4H3,(H,32,33)(H,29,30,31). The Bertz CT molecular complexity index is 1350. The molecule has 0 aliphatic rings. The molecular formula is C28H31N3O4S2. The highest BCUT2D eigenvalue weighted by atomic mass is 32.1. The average molecular weight is 538 g/mol. The molecule has 0 spiro atoms. The van der Waals surface area contributed by atoms with Crippen LogP contribution >= 0.6 is 22.7 Å². The number of carboxylic acid groups (broad SMARTS) is 1. The van der Waals surface area contributed by atoms with E-state index in [0.29, 0.717) is 24.3 Å². The fourth-order valence-corrected chi connectivity index (χ4v) is 5.79. The maximum atomic E-state index is 12.0. The largest absolute Gasteiger partial charge is 0.493 e. The first-order valence-corrected chi connectivity index (χ1v) is 13.8. The Labute approximate surface area is 225 Å². The van der Waals surface area contributed by atoms with Gasteiger partial charge in [0.05, 0.1) is 12.3 Å². The van der Waals surface area contributed by atoms with Crippen LogP contribution in [0.2, 0.25) is 0 Å². The number of carboxylic acids is 1. The predicted molar refractivity (Wildman–Crippen MR) is 151 cm³/mol. The van der Waals surface area contributed by atoms with Crippen molar-refractivity contribution in [2.24, 2.45) is 5.92 Å². The zero-order chi connectivity index (χ0) is 26.4. The number of anilines is 2. The molecule has 0 aliphatic carbocycles. The number of pyridine rings is 1. The first-order valence-electron chi connectivity index (χ1n) is 12.1. The number of nitrogens with zero attached hydrogens (tertiary/aromatic N) is 2. The van der Waals surface area contributed by atoms with E-state index in [1.165, 1.54) is 11.3 Å². The summed E-state index contributed by atoms with van der Waals surface area (Å²) in [6, 6.07) is 11.6. The minimum Gasteiger partial charge on any atom is -0.493 e. The summed E-state index contributed by atoms with van der Waals surface area (Å²) in [5.74, 6) is 0.527. The van der Waals surface area contributed by atoms with E-state index < -0.39 is 5.97 Å². The minimum absolute atomic E-state index is 0.110. The summed E-state index contributed by atoms with van der Waals surface area (Å²) in [6.45, 7) is 7.64. The van der Waals surface area contributed by atoms with Crippen molar-refractivity contribution in [1.82, 2.24) is 9.97 Å². The summed E-state index contributed by atoms with van der Waals surface area (Å²) in [5.41, 5.74) is 3.81. The number of thiophene rings is 1. The topological polar surface area (TPSA) is 93.6 Å². The van der Waals surface area contributed by atoms with Crippen molar-refractivity contribution in [2.75, 3.05) is 25.6 Å². The number of carbonyl (C=O) groups is 1. The number of ether oxygens (including phenoxy) is 2. The molecule has 3 aromatic heterocycles. The number of hydrogen-bond donors (Lipinski definition) is 2. The summed E-state index contributed by atoms with van der Waals surface area (Å²) in [4.78, 5) is 23.5. The Morgan fingerprint density at radius 1 is 1.16 bits per heavy atom. The van der Waals surface area contributed by atoms with Crippen molar-refractivity contribution >= 4 is 39.6 Å². The summed E-state index contributed by atoms with van der Waals surface area (Å²) in [5, 5.41) is 15.6. The van der Waals surface area contributed by atoms with Gasteiger partial charge in [0.2, 0.25) is 0 Å². The minimum atomic E-state index is -1.04. The molecule has 0 bridgehead atoms. The Morgan fingerprint density at radius 2 is 2.00 bits per heavy atom. The third-order valence-electron chi connectivity index (χ3n) is 5.64. The molecule has 0 fully saturated rings. The molecule has 37 heavy (non-hydrogen) atoms. The first kappa shape index (κ1) is 26.8. The maximum absolute atomic E-state index is 12.0. The van der Waals surface area contributed by atoms with Gasteiger partial charge in [-0.1, -0.05) is 19.9 Å². The molecule has 0 saturated heterocycles. The number of aromatic nitrogens is 2. The second kappa shape index (κ2) is 12.3. The monoisotopic (exact) mass is 537 g/mol. The summed E-state index contributed by atoms with van der Waals surface area (Å²) in [7, 11) is 1.68. The summed E-state index contributed by atoms with van der Waals surface area (Å²) < 4.78 is 11.0. The van der Waals surface area contributed by atoms with Gasteiger partial charge in [-0.2, -0.15) is 0 Å². The lowest BCUT2D eigenvalue weighted by Crippen LogP contribution is -2.05. The second-order valence-electron chi connectivity index (χ2n) is 9.09. The second-order valence-corrected chi connectivity index (χ2v) is 11.1. The molecule has 0 unspecified atom stereocenters. The number of thiazole rings is 1. The molecule has 4 rings (SSSR count). The van der Waals surface area contributed by atoms with Crippen LogP contribution in [0.15, 0.2) is 48.0 Å². The molecule has 1 aromatic carbocycles. The van der Waals surface area contributed by atoms with Crippen LogP contribution in [0, 0.1) is 12.8 Å². The lowest BCUT2D eigenvalue weighted by molar-refractivity contribution is 0.0697. The van der Waals surface area contributed by atoms with Gasteiger partial charge in [-0.3, -0.25) is 0 Å². The van der Waals surface area contributed by atoms with E-state index in [2.05, 4.69) is 30.2 Å². The predicted octanol–water partition coefficient (Wildman–Crippen LogP) is 7.30. The van der Waals surface area contributed by atoms with Crippen LogP contribution in [-0.4, -0.2) is 41.4 Å². The van der Waals surface area contributed by atoms with Gasteiger partial charge >= 0.3 is 5.97 Å². The maximum Gasteiger partial charge on any atom is 0.339 e. The zero-order valence-electron chi connectivity index (χ0n) is 21.4. The van der Waals surface area contributed by atoms with Gasteiger partial charge in [-0.15, -0.1) is 22.7 Å². The van der Waals surface area contributed by atoms with E-state index in [9.17, 15) is 9.90 Å². The molecule has 4 aromatic rings. The number of aromatic carboxylic acids is 1. The molecule has 7 nitrogen and oxygen atoms in total. The van der Waals surface area contributed by atoms with Crippen LogP contribution in [0.1, 0.15) is 41.1 Å². The Morgan fingerprint density at radius 3 is 2.68 bits per heavy atom. The molecule has 9 heteroatoms. The fraction of sp³-hybridized carbons (Fsp3) is 0.321. The van der Waals surface area contributed by atoms with Crippen molar-refractivity contribution in [3.05, 3.63) is 64.0 Å². The highest BCUT2D eigenvalue weighted by Crippen LogP contribution is 2.37. The van der Waals surface area contributed by atoms with Crippen LogP contribution in [0.3, 0.4) is 0 Å². The van der Waals surface area contributed by atoms with Gasteiger partial charge in [0.15, 0.2) is 5.13 Å². The third-order valence-corrected chi connectivity index (χ3v) is 7.55. The van der Waals surface area contributed by atoms with Crippen molar-refractivity contribution < 1.29 is 19.4 Å². The van der Waals surface area contributed by atoms with Gasteiger partial charge in [-0.05, 0) is 60.5 Å². The molecule has 3 heterocycles. The molecule has 194 valence electrons. The number of methoxy groups -OCH3 is 1. The number of benzene rings is 1. The highest BCUT2D eigenvalue weighted by molar-refractivity contribution is 7.16. The van der Waals surface area contributed by atoms with Crippen molar-refractivity contribution in [3.63, 3.8) is 0 Å². The van der Waals surface area contributed by atoms with Crippen molar-refractivity contribution in [3.8, 4) is 27.4 Å². The Hall–Kier alpha value is -3.27. The van der Waals surface area contributed by atoms with Gasteiger partial charge in [0.25, 0.3) is 0 Å². The van der Waals surface area contributed by atoms with Crippen molar-refractivity contribution in [1.29, 1.82) is 0 Å². The number of nitrogens with one attached hydrogen (secondary N) is 1. The van der Waals surface area contributed by atoms with Crippen molar-refractivity contribution in [2.45, 2.75) is 33.6 Å². The number of aryl methyl sites for hydroxylation is 1. The van der Waals surface area contributed by atoms with Gasteiger partial charge in [-0.25, -0.2) is 14.8 Å². The highest BCUT2D eigenvalue weighted by Gasteiger charge is 2.19. The summed E-state index contributed by atoms with van der Waals surface area (Å²) in [6.07, 6.45) is 3.39. The van der Waals surface area contributed by atoms with E-state index in [1.54, 1.807) is 30.7 Å². The smallest absolute Gasteiger partial charge is 0.339 e. The van der Waals surface area contributed by atoms with Crippen LogP contribution in [-0.2, 0) is 11.2 Å². The quantitative estimate of drug-likeness (QED) is 0.183. The molecule has 0 amide bonds. The van der Waals surface area contributed by atoms with E-state index >= 15 is 0 Å². The van der Waals surface area contributed by atoms with Gasteiger partial charge in [0.1, 0.15) is 17.1 Å². The van der Waals surface area contributed by atoms with E-state index in [-0.39, 0.29) is 11.4 Å². The number of hydrogen-bond acceptors (Lipinski definition) is 8. The average Bonchev–Trinajstić information content (AvgIpc) is 3.53. The Kier molecular flexibility index (Phi) is 8.91. The van der Waals surface area contributed by atoms with Crippen LogP contribution in [0.5, 0.6) is 5.75 Å². The number of rotatable bonds is 12.